The van der Waals surface area contributed by atoms with Gasteiger partial charge in [-0.3, -0.25) is 19.1 Å². The Kier molecular flexibility index (Phi) is 6.62. The van der Waals surface area contributed by atoms with Crippen molar-refractivity contribution in [1.29, 1.82) is 0 Å². The van der Waals surface area contributed by atoms with Crippen LogP contribution in [0.25, 0.3) is 0 Å². The normalized spacial score (nSPS) is 24.2. The second-order valence-corrected chi connectivity index (χ2v) is 8.78. The summed E-state index contributed by atoms with van der Waals surface area (Å²) < 4.78 is 10.9. The fraction of sp³-hybridized carbons (Fsp3) is 0.400. The Bertz CT molecular complexity index is 880. The van der Waals surface area contributed by atoms with Gasteiger partial charge in [0.15, 0.2) is 0 Å². The number of nitrogens with one attached hydrogen (secondary N) is 2. The summed E-state index contributed by atoms with van der Waals surface area (Å²) in [4.78, 5) is 47.4. The average Bonchev–Trinajstić information content (AvgIpc) is 3.41. The third kappa shape index (κ3) is 5.11. The van der Waals surface area contributed by atoms with Gasteiger partial charge in [0, 0.05) is 29.6 Å². The summed E-state index contributed by atoms with van der Waals surface area (Å²) in [5.74, 6) is -0.825. The number of hydrogen-bond acceptors (Lipinski definition) is 7. The van der Waals surface area contributed by atoms with Crippen molar-refractivity contribution >= 4 is 48.2 Å². The number of fused-ring (bicyclic) bond motifs is 1. The van der Waals surface area contributed by atoms with Crippen LogP contribution < -0.4 is 16.1 Å². The molecule has 2 saturated heterocycles. The molecule has 1 aromatic rings. The lowest BCUT2D eigenvalue weighted by atomic mass is 9.79. The largest absolute Gasteiger partial charge is 0.587 e. The van der Waals surface area contributed by atoms with Gasteiger partial charge in [-0.05, 0) is 18.3 Å². The van der Waals surface area contributed by atoms with Crippen molar-refractivity contribution in [2.24, 2.45) is 0 Å². The van der Waals surface area contributed by atoms with Crippen molar-refractivity contribution in [2.45, 2.75) is 43.0 Å². The first kappa shape index (κ1) is 21.4. The van der Waals surface area contributed by atoms with Gasteiger partial charge in [-0.2, -0.15) is 16.8 Å². The molecule has 3 atom stereocenters. The van der Waals surface area contributed by atoms with Gasteiger partial charge >= 0.3 is 13.1 Å². The number of thioether (sulfide) groups is 1. The number of hydroxylamine groups is 2. The van der Waals surface area contributed by atoms with Crippen molar-refractivity contribution < 1.29 is 28.6 Å². The van der Waals surface area contributed by atoms with E-state index in [4.69, 9.17) is 9.41 Å². The lowest BCUT2D eigenvalue weighted by Crippen LogP contribution is -2.46. The fourth-order valence-corrected chi connectivity index (χ4v) is 5.33. The van der Waals surface area contributed by atoms with Crippen LogP contribution in [0.5, 0.6) is 0 Å². The first-order valence-electron chi connectivity index (χ1n) is 10.2. The molecular formula is C20H22BN3O6S. The minimum Gasteiger partial charge on any atom is -0.505 e. The third-order valence-corrected chi connectivity index (χ3v) is 6.85. The van der Waals surface area contributed by atoms with E-state index in [2.05, 4.69) is 10.6 Å². The van der Waals surface area contributed by atoms with Crippen LogP contribution in [0, 0.1) is 0 Å². The molecule has 1 aromatic carbocycles. The molecule has 0 saturated carbocycles. The standard InChI is InChI=1S/C20H22BN3O6S/c25-16-10-11-17(26)24(16)30-21(13-6-2-1-3-7-13)29-18(27)9-5-4-8-15-19-14(12-31-15)22-20(28)23-19/h1-3,6-7,10-11,14-15,19H,4-5,8-9,12H2,(H2,22,23,28)/t14-,15-,19-/m0/s1. The zero-order valence-electron chi connectivity index (χ0n) is 16.7. The molecule has 9 nitrogen and oxygen atoms in total. The number of hydrogen-bond donors (Lipinski definition) is 2. The van der Waals surface area contributed by atoms with Crippen LogP contribution >= 0.6 is 11.8 Å². The Morgan fingerprint density at radius 1 is 1.10 bits per heavy atom. The molecule has 3 aliphatic rings. The molecule has 0 aliphatic carbocycles. The molecule has 0 bridgehead atoms. The van der Waals surface area contributed by atoms with Crippen molar-refractivity contribution in [3.05, 3.63) is 42.5 Å². The summed E-state index contributed by atoms with van der Waals surface area (Å²) in [7, 11) is -1.20. The molecule has 2 N–H and O–H groups in total. The van der Waals surface area contributed by atoms with Crippen LogP contribution in [0.15, 0.2) is 42.5 Å². The second-order valence-electron chi connectivity index (χ2n) is 7.51. The van der Waals surface area contributed by atoms with E-state index >= 15 is 0 Å². The minimum absolute atomic E-state index is 0.110. The number of carbonyl (C=O) groups is 4. The van der Waals surface area contributed by atoms with Crippen molar-refractivity contribution in [3.8, 4) is 0 Å². The monoisotopic (exact) mass is 443 g/mol. The van der Waals surface area contributed by atoms with Crippen LogP contribution in [-0.4, -0.2) is 59.1 Å². The summed E-state index contributed by atoms with van der Waals surface area (Å²) >= 11 is 1.83. The molecule has 0 spiro atoms. The van der Waals surface area contributed by atoms with Crippen LogP contribution in [-0.2, 0) is 23.8 Å². The summed E-state index contributed by atoms with van der Waals surface area (Å²) in [5, 5.41) is 6.79. The van der Waals surface area contributed by atoms with E-state index in [1.165, 1.54) is 0 Å². The predicted molar refractivity (Wildman–Crippen MR) is 114 cm³/mol. The van der Waals surface area contributed by atoms with E-state index in [1.807, 2.05) is 11.8 Å². The molecule has 0 radical (unpaired) electrons. The van der Waals surface area contributed by atoms with Crippen molar-refractivity contribution in [2.75, 3.05) is 5.75 Å². The highest BCUT2D eigenvalue weighted by Crippen LogP contribution is 2.33. The Morgan fingerprint density at radius 3 is 2.58 bits per heavy atom. The van der Waals surface area contributed by atoms with Gasteiger partial charge in [-0.15, -0.1) is 0 Å². The zero-order valence-corrected chi connectivity index (χ0v) is 17.5. The zero-order chi connectivity index (χ0) is 21.8. The molecular weight excluding hydrogens is 421 g/mol. The Balaban J connectivity index is 1.26. The molecule has 0 aromatic heterocycles. The molecule has 3 aliphatic heterocycles. The highest BCUT2D eigenvalue weighted by Gasteiger charge is 2.42. The molecule has 162 valence electrons. The smallest absolute Gasteiger partial charge is 0.505 e. The SMILES string of the molecule is O=C1N[C@H]2[C@H](CS[C@H]2CCCCC(=O)OB(ON2C(=O)C=CC2=O)c2ccccc2)N1. The predicted octanol–water partition coefficient (Wildman–Crippen LogP) is 0.507. The Hall–Kier alpha value is -2.79. The number of unbranched alkanes of at least 4 members (excludes halogenated alkanes) is 1. The van der Waals surface area contributed by atoms with Crippen LogP contribution in [0.3, 0.4) is 0 Å². The fourth-order valence-electron chi connectivity index (χ4n) is 3.78. The van der Waals surface area contributed by atoms with Crippen molar-refractivity contribution in [1.82, 2.24) is 15.7 Å². The molecule has 4 rings (SSSR count). The Labute approximate surface area is 184 Å². The van der Waals surface area contributed by atoms with E-state index in [0.29, 0.717) is 22.2 Å². The van der Waals surface area contributed by atoms with Crippen molar-refractivity contribution in [3.63, 3.8) is 0 Å². The molecule has 11 heteroatoms. The van der Waals surface area contributed by atoms with Gasteiger partial charge in [0.25, 0.3) is 17.8 Å². The van der Waals surface area contributed by atoms with E-state index < -0.39 is 24.9 Å². The minimum atomic E-state index is -1.20. The second kappa shape index (κ2) is 9.57. The summed E-state index contributed by atoms with van der Waals surface area (Å²) in [5.41, 5.74) is 0.515. The van der Waals surface area contributed by atoms with E-state index in [9.17, 15) is 19.2 Å². The van der Waals surface area contributed by atoms with Gasteiger partial charge in [-0.25, -0.2) is 4.79 Å². The van der Waals surface area contributed by atoms with Gasteiger partial charge in [0.1, 0.15) is 0 Å². The quantitative estimate of drug-likeness (QED) is 0.247. The third-order valence-electron chi connectivity index (χ3n) is 5.34. The topological polar surface area (TPSA) is 114 Å². The first-order chi connectivity index (χ1) is 15.0. The van der Waals surface area contributed by atoms with Gasteiger partial charge in [0.05, 0.1) is 12.1 Å². The summed E-state index contributed by atoms with van der Waals surface area (Å²) in [6.45, 7) is 0. The highest BCUT2D eigenvalue weighted by atomic mass is 32.2. The number of imide groups is 1. The highest BCUT2D eigenvalue weighted by molar-refractivity contribution is 8.00. The maximum atomic E-state index is 12.4. The molecule has 3 heterocycles. The maximum Gasteiger partial charge on any atom is 0.587 e. The lowest BCUT2D eigenvalue weighted by Gasteiger charge is -2.20. The molecule has 4 amide bonds. The van der Waals surface area contributed by atoms with Gasteiger partial charge in [0.2, 0.25) is 0 Å². The molecule has 2 fully saturated rings. The number of amides is 4. The average molecular weight is 443 g/mol. The number of carbonyl (C=O) groups excluding carboxylic acids is 4. The first-order valence-corrected chi connectivity index (χ1v) is 11.2. The van der Waals surface area contributed by atoms with Crippen LogP contribution in [0.2, 0.25) is 0 Å². The summed E-state index contributed by atoms with van der Waals surface area (Å²) in [6, 6.07) is 8.88. The lowest BCUT2D eigenvalue weighted by molar-refractivity contribution is -0.167. The maximum absolute atomic E-state index is 12.4. The number of urea groups is 1. The van der Waals surface area contributed by atoms with Crippen LogP contribution in [0.4, 0.5) is 4.79 Å². The number of rotatable bonds is 9. The summed E-state index contributed by atoms with van der Waals surface area (Å²) in [6.07, 6.45) is 4.71. The van der Waals surface area contributed by atoms with Gasteiger partial charge in [-0.1, -0.05) is 36.8 Å². The van der Waals surface area contributed by atoms with Gasteiger partial charge < -0.3 is 15.3 Å². The number of nitrogens with zero attached hydrogens (tertiary/aromatic N) is 1. The van der Waals surface area contributed by atoms with E-state index in [1.54, 1.807) is 30.3 Å². The molecule has 31 heavy (non-hydrogen) atoms. The van der Waals surface area contributed by atoms with E-state index in [-0.39, 0.29) is 24.5 Å². The molecule has 0 unspecified atom stereocenters. The number of benzene rings is 1. The van der Waals surface area contributed by atoms with E-state index in [0.717, 1.165) is 30.7 Å². The van der Waals surface area contributed by atoms with Crippen LogP contribution in [0.1, 0.15) is 25.7 Å². The Morgan fingerprint density at radius 2 is 1.84 bits per heavy atom.